The van der Waals surface area contributed by atoms with Gasteiger partial charge in [-0.1, -0.05) is 0 Å². The minimum absolute atomic E-state index is 0.134. The van der Waals surface area contributed by atoms with Crippen LogP contribution in [0.25, 0.3) is 0 Å². The molecular weight excluding hydrogens is 186 g/mol. The molecule has 0 bridgehead atoms. The van der Waals surface area contributed by atoms with Gasteiger partial charge in [-0.3, -0.25) is 0 Å². The molecule has 15 heavy (non-hydrogen) atoms. The molecule has 0 aromatic carbocycles. The van der Waals surface area contributed by atoms with Crippen LogP contribution >= 0.6 is 0 Å². The Balaban J connectivity index is 2.41. The Morgan fingerprint density at radius 3 is 2.93 bits per heavy atom. The van der Waals surface area contributed by atoms with Crippen LogP contribution in [0.1, 0.15) is 27.2 Å². The maximum Gasteiger partial charge on any atom is 0.152 e. The molecule has 3 heteroatoms. The molecule has 0 unspecified atom stereocenters. The predicted molar refractivity (Wildman–Crippen MR) is 64.4 cm³/mol. The summed E-state index contributed by atoms with van der Waals surface area (Å²) in [6.45, 7) is 8.80. The van der Waals surface area contributed by atoms with E-state index in [2.05, 4.69) is 42.0 Å². The van der Waals surface area contributed by atoms with Crippen molar-refractivity contribution in [2.45, 2.75) is 32.7 Å². The third kappa shape index (κ3) is 2.06. The van der Waals surface area contributed by atoms with Gasteiger partial charge in [0.1, 0.15) is 0 Å². The molecule has 0 aliphatic carbocycles. The van der Waals surface area contributed by atoms with E-state index < -0.39 is 0 Å². The molecule has 3 nitrogen and oxygen atoms in total. The number of hydrogen-bond acceptors (Lipinski definition) is 3. The van der Waals surface area contributed by atoms with E-state index in [0.29, 0.717) is 0 Å². The maximum atomic E-state index is 4.49. The van der Waals surface area contributed by atoms with Crippen LogP contribution in [0.2, 0.25) is 0 Å². The van der Waals surface area contributed by atoms with Gasteiger partial charge in [-0.15, -0.1) is 0 Å². The minimum Gasteiger partial charge on any atom is -0.382 e. The van der Waals surface area contributed by atoms with Crippen molar-refractivity contribution < 1.29 is 0 Å². The van der Waals surface area contributed by atoms with Crippen LogP contribution in [0.15, 0.2) is 18.3 Å². The van der Waals surface area contributed by atoms with Gasteiger partial charge in [-0.05, 0) is 39.3 Å². The first-order valence-corrected chi connectivity index (χ1v) is 5.55. The number of aromatic nitrogens is 1. The van der Waals surface area contributed by atoms with E-state index in [1.807, 2.05) is 12.3 Å². The fourth-order valence-electron chi connectivity index (χ4n) is 1.97. The summed E-state index contributed by atoms with van der Waals surface area (Å²) in [5, 5.41) is 3.42. The molecule has 82 valence electrons. The van der Waals surface area contributed by atoms with E-state index in [1.165, 1.54) is 0 Å². The molecule has 0 atom stereocenters. The first-order valence-electron chi connectivity index (χ1n) is 5.55. The lowest BCUT2D eigenvalue weighted by atomic mass is 10.1. The van der Waals surface area contributed by atoms with Gasteiger partial charge in [-0.25, -0.2) is 4.98 Å². The lowest BCUT2D eigenvalue weighted by molar-refractivity contribution is 0.498. The molecule has 1 aliphatic heterocycles. The molecule has 0 amide bonds. The standard InChI is InChI=1S/C12H19N3/c1-12(2,3)15-9-5-8-13-10-6-4-7-14-11(10)15/h4,6-7,13H,5,8-9H2,1-3H3. The molecule has 1 aliphatic rings. The van der Waals surface area contributed by atoms with Crippen LogP contribution < -0.4 is 10.2 Å². The Hall–Kier alpha value is -1.25. The average Bonchev–Trinajstić information content (AvgIpc) is 2.38. The normalized spacial score (nSPS) is 16.6. The van der Waals surface area contributed by atoms with Crippen LogP contribution in [0.3, 0.4) is 0 Å². The first-order chi connectivity index (χ1) is 7.09. The zero-order valence-corrected chi connectivity index (χ0v) is 9.75. The summed E-state index contributed by atoms with van der Waals surface area (Å²) in [7, 11) is 0. The van der Waals surface area contributed by atoms with Gasteiger partial charge in [0.25, 0.3) is 0 Å². The van der Waals surface area contributed by atoms with Crippen molar-refractivity contribution in [3.05, 3.63) is 18.3 Å². The second-order valence-electron chi connectivity index (χ2n) is 4.98. The number of fused-ring (bicyclic) bond motifs is 1. The Labute approximate surface area is 91.5 Å². The van der Waals surface area contributed by atoms with Gasteiger partial charge in [0.15, 0.2) is 5.82 Å². The van der Waals surface area contributed by atoms with E-state index in [9.17, 15) is 0 Å². The van der Waals surface area contributed by atoms with Gasteiger partial charge in [-0.2, -0.15) is 0 Å². The van der Waals surface area contributed by atoms with Crippen molar-refractivity contribution in [1.29, 1.82) is 0 Å². The minimum atomic E-state index is 0.134. The monoisotopic (exact) mass is 205 g/mol. The number of anilines is 2. The van der Waals surface area contributed by atoms with E-state index in [1.54, 1.807) is 0 Å². The highest BCUT2D eigenvalue weighted by molar-refractivity contribution is 5.67. The smallest absolute Gasteiger partial charge is 0.152 e. The molecule has 0 fully saturated rings. The largest absolute Gasteiger partial charge is 0.382 e. The topological polar surface area (TPSA) is 28.2 Å². The molecule has 1 aromatic rings. The molecular formula is C12H19N3. The van der Waals surface area contributed by atoms with E-state index >= 15 is 0 Å². The van der Waals surface area contributed by atoms with Crippen molar-refractivity contribution in [3.8, 4) is 0 Å². The lowest BCUT2D eigenvalue weighted by Crippen LogP contribution is -2.42. The van der Waals surface area contributed by atoms with Crippen molar-refractivity contribution in [2.75, 3.05) is 23.3 Å². The van der Waals surface area contributed by atoms with Gasteiger partial charge in [0.2, 0.25) is 0 Å². The first kappa shape index (κ1) is 10.3. The number of nitrogens with zero attached hydrogens (tertiary/aromatic N) is 2. The average molecular weight is 205 g/mol. The number of rotatable bonds is 0. The van der Waals surface area contributed by atoms with E-state index in [4.69, 9.17) is 0 Å². The summed E-state index contributed by atoms with van der Waals surface area (Å²) in [6.07, 6.45) is 3.03. The maximum absolute atomic E-state index is 4.49. The highest BCUT2D eigenvalue weighted by atomic mass is 15.3. The van der Waals surface area contributed by atoms with E-state index in [-0.39, 0.29) is 5.54 Å². The van der Waals surface area contributed by atoms with Gasteiger partial charge < -0.3 is 10.2 Å². The fraction of sp³-hybridized carbons (Fsp3) is 0.583. The van der Waals surface area contributed by atoms with Gasteiger partial charge >= 0.3 is 0 Å². The van der Waals surface area contributed by atoms with Crippen LogP contribution in [0.5, 0.6) is 0 Å². The predicted octanol–water partition coefficient (Wildman–Crippen LogP) is 2.50. The molecule has 0 spiro atoms. The summed E-state index contributed by atoms with van der Waals surface area (Å²) in [4.78, 5) is 6.87. The van der Waals surface area contributed by atoms with Crippen molar-refractivity contribution in [3.63, 3.8) is 0 Å². The zero-order valence-electron chi connectivity index (χ0n) is 9.75. The lowest BCUT2D eigenvalue weighted by Gasteiger charge is -2.36. The Kier molecular flexibility index (Phi) is 2.55. The summed E-state index contributed by atoms with van der Waals surface area (Å²) in [5.41, 5.74) is 1.29. The zero-order chi connectivity index (χ0) is 10.9. The molecule has 0 saturated heterocycles. The second kappa shape index (κ2) is 3.72. The van der Waals surface area contributed by atoms with Crippen molar-refractivity contribution >= 4 is 11.5 Å². The third-order valence-corrected chi connectivity index (χ3v) is 2.73. The Morgan fingerprint density at radius 1 is 1.40 bits per heavy atom. The Morgan fingerprint density at radius 2 is 2.20 bits per heavy atom. The highest BCUT2D eigenvalue weighted by Crippen LogP contribution is 2.30. The summed E-state index contributed by atoms with van der Waals surface area (Å²) >= 11 is 0. The van der Waals surface area contributed by atoms with Crippen molar-refractivity contribution in [1.82, 2.24) is 4.98 Å². The quantitative estimate of drug-likeness (QED) is 0.705. The van der Waals surface area contributed by atoms with Crippen LogP contribution in [0.4, 0.5) is 11.5 Å². The molecule has 2 rings (SSSR count). The Bertz CT molecular complexity index is 341. The molecule has 1 aromatic heterocycles. The van der Waals surface area contributed by atoms with Crippen molar-refractivity contribution in [2.24, 2.45) is 0 Å². The van der Waals surface area contributed by atoms with Gasteiger partial charge in [0, 0.05) is 24.8 Å². The summed E-state index contributed by atoms with van der Waals surface area (Å²) < 4.78 is 0. The third-order valence-electron chi connectivity index (χ3n) is 2.73. The molecule has 0 saturated carbocycles. The molecule has 2 heterocycles. The number of hydrogen-bond donors (Lipinski definition) is 1. The highest BCUT2D eigenvalue weighted by Gasteiger charge is 2.25. The van der Waals surface area contributed by atoms with E-state index in [0.717, 1.165) is 31.0 Å². The van der Waals surface area contributed by atoms with Gasteiger partial charge in [0.05, 0.1) is 5.69 Å². The van der Waals surface area contributed by atoms with Crippen LogP contribution in [0, 0.1) is 0 Å². The summed E-state index contributed by atoms with van der Waals surface area (Å²) in [5.74, 6) is 1.09. The van der Waals surface area contributed by atoms with Crippen LogP contribution in [-0.4, -0.2) is 23.6 Å². The van der Waals surface area contributed by atoms with Crippen LogP contribution in [-0.2, 0) is 0 Å². The second-order valence-corrected chi connectivity index (χ2v) is 4.98. The molecule has 1 N–H and O–H groups in total. The summed E-state index contributed by atoms with van der Waals surface area (Å²) in [6, 6.07) is 4.09. The molecule has 0 radical (unpaired) electrons. The fourth-order valence-corrected chi connectivity index (χ4v) is 1.97. The number of nitrogens with one attached hydrogen (secondary N) is 1. The number of pyridine rings is 1. The SMILES string of the molecule is CC(C)(C)N1CCCNc2cccnc21.